The molecule has 0 aliphatic carbocycles. The summed E-state index contributed by atoms with van der Waals surface area (Å²) < 4.78 is 9.78. The number of carboxylic acid groups (broad SMARTS) is 1. The number of ether oxygens (including phenoxy) is 2. The standard InChI is InChI=1S/C11H18N2O6/c1-11(2,3)19-10(17)13-7-5-18-9(16)12-4-6(7)8(14)15/h6-7H,4-5H2,1-3H3,(H,12,16)(H,13,17)(H,14,15)/t6-,7-/m1/s1. The number of hydrogen-bond acceptors (Lipinski definition) is 5. The quantitative estimate of drug-likeness (QED) is 0.668. The minimum Gasteiger partial charge on any atom is -0.481 e. The molecule has 1 rings (SSSR count). The number of amides is 2. The Balaban J connectivity index is 2.68. The molecular formula is C11H18N2O6. The summed E-state index contributed by atoms with van der Waals surface area (Å²) in [5.74, 6) is -2.11. The minimum absolute atomic E-state index is 0.116. The fourth-order valence-electron chi connectivity index (χ4n) is 1.53. The monoisotopic (exact) mass is 274 g/mol. The Morgan fingerprint density at radius 2 is 2.11 bits per heavy atom. The Kier molecular flexibility index (Phi) is 4.57. The first-order valence-electron chi connectivity index (χ1n) is 5.82. The summed E-state index contributed by atoms with van der Waals surface area (Å²) in [6.45, 7) is 4.73. The summed E-state index contributed by atoms with van der Waals surface area (Å²) in [4.78, 5) is 33.7. The van der Waals surface area contributed by atoms with Gasteiger partial charge < -0.3 is 25.2 Å². The van der Waals surface area contributed by atoms with E-state index in [1.165, 1.54) is 0 Å². The zero-order chi connectivity index (χ0) is 14.6. The molecule has 1 saturated heterocycles. The number of carbonyl (C=O) groups excluding carboxylic acids is 2. The molecule has 0 aromatic heterocycles. The second kappa shape index (κ2) is 5.77. The Bertz CT molecular complexity index is 376. The molecule has 1 aliphatic rings. The van der Waals surface area contributed by atoms with Gasteiger partial charge in [0.1, 0.15) is 12.2 Å². The summed E-state index contributed by atoms with van der Waals surface area (Å²) in [6.07, 6.45) is -1.46. The molecule has 8 nitrogen and oxygen atoms in total. The molecule has 2 amide bonds. The van der Waals surface area contributed by atoms with Gasteiger partial charge in [0, 0.05) is 6.54 Å². The lowest BCUT2D eigenvalue weighted by atomic mass is 10.0. The molecule has 0 unspecified atom stereocenters. The van der Waals surface area contributed by atoms with Crippen LogP contribution in [0.2, 0.25) is 0 Å². The van der Waals surface area contributed by atoms with Gasteiger partial charge in [-0.1, -0.05) is 0 Å². The molecule has 3 N–H and O–H groups in total. The third-order valence-electron chi connectivity index (χ3n) is 2.37. The van der Waals surface area contributed by atoms with E-state index in [9.17, 15) is 14.4 Å². The predicted molar refractivity (Wildman–Crippen MR) is 63.6 cm³/mol. The maximum atomic E-state index is 11.6. The molecular weight excluding hydrogens is 256 g/mol. The average molecular weight is 274 g/mol. The van der Waals surface area contributed by atoms with E-state index < -0.39 is 35.7 Å². The van der Waals surface area contributed by atoms with Gasteiger partial charge in [-0.3, -0.25) is 4.79 Å². The minimum atomic E-state index is -1.13. The highest BCUT2D eigenvalue weighted by Crippen LogP contribution is 2.11. The molecule has 0 aromatic carbocycles. The number of carbonyl (C=O) groups is 3. The van der Waals surface area contributed by atoms with E-state index in [2.05, 4.69) is 10.6 Å². The number of aliphatic carboxylic acids is 1. The molecule has 108 valence electrons. The van der Waals surface area contributed by atoms with E-state index in [4.69, 9.17) is 14.6 Å². The van der Waals surface area contributed by atoms with Crippen molar-refractivity contribution < 1.29 is 29.0 Å². The van der Waals surface area contributed by atoms with Crippen LogP contribution in [0.15, 0.2) is 0 Å². The highest BCUT2D eigenvalue weighted by molar-refractivity contribution is 5.76. The van der Waals surface area contributed by atoms with E-state index >= 15 is 0 Å². The number of hydrogen-bond donors (Lipinski definition) is 3. The molecule has 1 heterocycles. The smallest absolute Gasteiger partial charge is 0.408 e. The summed E-state index contributed by atoms with van der Waals surface area (Å²) in [6, 6.07) is -0.841. The van der Waals surface area contributed by atoms with Crippen LogP contribution in [0.1, 0.15) is 20.8 Å². The molecule has 2 atom stereocenters. The van der Waals surface area contributed by atoms with Gasteiger partial charge in [0.25, 0.3) is 0 Å². The van der Waals surface area contributed by atoms with E-state index in [1.54, 1.807) is 20.8 Å². The van der Waals surface area contributed by atoms with Crippen molar-refractivity contribution in [2.75, 3.05) is 13.2 Å². The maximum absolute atomic E-state index is 11.6. The van der Waals surface area contributed by atoms with Gasteiger partial charge in [0.05, 0.1) is 12.0 Å². The lowest BCUT2D eigenvalue weighted by molar-refractivity contribution is -0.142. The van der Waals surface area contributed by atoms with Gasteiger partial charge in [-0.2, -0.15) is 0 Å². The van der Waals surface area contributed by atoms with Crippen LogP contribution in [0.5, 0.6) is 0 Å². The molecule has 0 bridgehead atoms. The van der Waals surface area contributed by atoms with Crippen LogP contribution in [0.4, 0.5) is 9.59 Å². The van der Waals surface area contributed by atoms with Gasteiger partial charge in [0.2, 0.25) is 0 Å². The van der Waals surface area contributed by atoms with E-state index in [0.717, 1.165) is 0 Å². The number of carboxylic acids is 1. The summed E-state index contributed by atoms with van der Waals surface area (Å²) in [5.41, 5.74) is -0.692. The molecule has 1 aliphatic heterocycles. The van der Waals surface area contributed by atoms with Crippen LogP contribution in [0.25, 0.3) is 0 Å². The summed E-state index contributed by atoms with van der Waals surface area (Å²) in [5, 5.41) is 13.8. The van der Waals surface area contributed by atoms with Crippen molar-refractivity contribution in [1.29, 1.82) is 0 Å². The second-order valence-corrected chi connectivity index (χ2v) is 5.18. The third kappa shape index (κ3) is 5.02. The molecule has 19 heavy (non-hydrogen) atoms. The highest BCUT2D eigenvalue weighted by atomic mass is 16.6. The van der Waals surface area contributed by atoms with Crippen molar-refractivity contribution in [3.8, 4) is 0 Å². The first-order valence-corrected chi connectivity index (χ1v) is 5.82. The van der Waals surface area contributed by atoms with E-state index in [0.29, 0.717) is 0 Å². The Morgan fingerprint density at radius 1 is 1.47 bits per heavy atom. The van der Waals surface area contributed by atoms with Gasteiger partial charge >= 0.3 is 18.2 Å². The van der Waals surface area contributed by atoms with Gasteiger partial charge in [0.15, 0.2) is 0 Å². The SMILES string of the molecule is CC(C)(C)OC(=O)N[C@@H]1COC(=O)NC[C@H]1C(=O)O. The third-order valence-corrected chi connectivity index (χ3v) is 2.37. The van der Waals surface area contributed by atoms with Crippen molar-refractivity contribution in [3.63, 3.8) is 0 Å². The van der Waals surface area contributed by atoms with Gasteiger partial charge in [-0.15, -0.1) is 0 Å². The van der Waals surface area contributed by atoms with Crippen molar-refractivity contribution >= 4 is 18.2 Å². The molecule has 1 fully saturated rings. The topological polar surface area (TPSA) is 114 Å². The first kappa shape index (κ1) is 15.1. The van der Waals surface area contributed by atoms with E-state index in [-0.39, 0.29) is 13.2 Å². The Labute approximate surface area is 110 Å². The molecule has 0 radical (unpaired) electrons. The second-order valence-electron chi connectivity index (χ2n) is 5.18. The molecule has 0 saturated carbocycles. The highest BCUT2D eigenvalue weighted by Gasteiger charge is 2.34. The van der Waals surface area contributed by atoms with E-state index in [1.807, 2.05) is 0 Å². The fraction of sp³-hybridized carbons (Fsp3) is 0.727. The van der Waals surface area contributed by atoms with Gasteiger partial charge in [-0.05, 0) is 20.8 Å². The zero-order valence-corrected chi connectivity index (χ0v) is 11.1. The van der Waals surface area contributed by atoms with Crippen molar-refractivity contribution in [1.82, 2.24) is 10.6 Å². The zero-order valence-electron chi connectivity index (χ0n) is 11.1. The lowest BCUT2D eigenvalue weighted by Crippen LogP contribution is -2.48. The largest absolute Gasteiger partial charge is 0.481 e. The summed E-state index contributed by atoms with van der Waals surface area (Å²) >= 11 is 0. The average Bonchev–Trinajstić information content (AvgIpc) is 2.38. The van der Waals surface area contributed by atoms with Crippen molar-refractivity contribution in [3.05, 3.63) is 0 Å². The number of rotatable bonds is 2. The van der Waals surface area contributed by atoms with Crippen molar-refractivity contribution in [2.24, 2.45) is 5.92 Å². The van der Waals surface area contributed by atoms with Crippen LogP contribution in [-0.4, -0.2) is 48.1 Å². The van der Waals surface area contributed by atoms with Crippen LogP contribution >= 0.6 is 0 Å². The normalized spacial score (nSPS) is 23.6. The van der Waals surface area contributed by atoms with Crippen LogP contribution in [-0.2, 0) is 14.3 Å². The molecule has 8 heteroatoms. The first-order chi connectivity index (χ1) is 8.69. The summed E-state index contributed by atoms with van der Waals surface area (Å²) in [7, 11) is 0. The predicted octanol–water partition coefficient (Wildman–Crippen LogP) is 0.320. The van der Waals surface area contributed by atoms with Crippen LogP contribution < -0.4 is 10.6 Å². The van der Waals surface area contributed by atoms with Crippen LogP contribution in [0, 0.1) is 5.92 Å². The Hall–Kier alpha value is -1.99. The number of nitrogens with one attached hydrogen (secondary N) is 2. The van der Waals surface area contributed by atoms with Crippen LogP contribution in [0.3, 0.4) is 0 Å². The molecule has 0 aromatic rings. The fourth-order valence-corrected chi connectivity index (χ4v) is 1.53. The van der Waals surface area contributed by atoms with Crippen molar-refractivity contribution in [2.45, 2.75) is 32.4 Å². The molecule has 0 spiro atoms. The van der Waals surface area contributed by atoms with Gasteiger partial charge in [-0.25, -0.2) is 9.59 Å². The lowest BCUT2D eigenvalue weighted by Gasteiger charge is -2.24. The Morgan fingerprint density at radius 3 is 2.63 bits per heavy atom. The number of alkyl carbamates (subject to hydrolysis) is 2. The number of cyclic esters (lactones) is 1. The maximum Gasteiger partial charge on any atom is 0.408 e.